The maximum atomic E-state index is 5.37. The number of rotatable bonds is 5. The quantitative estimate of drug-likeness (QED) is 0.659. The van der Waals surface area contributed by atoms with Gasteiger partial charge in [0, 0.05) is 11.9 Å². The minimum absolute atomic E-state index is 0.555. The maximum absolute atomic E-state index is 5.37. The molecule has 0 saturated carbocycles. The Morgan fingerprint density at radius 2 is 1.60 bits per heavy atom. The SMILES string of the molecule is CCc1ccc(NC(=S)Nc2cnn(Cc3ccc(C)cc3)c2)cc1. The Morgan fingerprint density at radius 3 is 2.28 bits per heavy atom. The van der Waals surface area contributed by atoms with Crippen molar-refractivity contribution in [1.29, 1.82) is 0 Å². The highest BCUT2D eigenvalue weighted by Gasteiger charge is 2.03. The Hall–Kier alpha value is -2.66. The third kappa shape index (κ3) is 4.90. The molecule has 0 aliphatic heterocycles. The van der Waals surface area contributed by atoms with E-state index in [1.54, 1.807) is 6.20 Å². The molecule has 2 aromatic carbocycles. The summed E-state index contributed by atoms with van der Waals surface area (Å²) in [7, 11) is 0. The minimum atomic E-state index is 0.555. The monoisotopic (exact) mass is 350 g/mol. The van der Waals surface area contributed by atoms with Gasteiger partial charge in [0.05, 0.1) is 18.4 Å². The smallest absolute Gasteiger partial charge is 0.175 e. The van der Waals surface area contributed by atoms with Gasteiger partial charge in [-0.05, 0) is 48.8 Å². The second kappa shape index (κ2) is 7.94. The molecule has 4 nitrogen and oxygen atoms in total. The van der Waals surface area contributed by atoms with Crippen LogP contribution in [0, 0.1) is 6.92 Å². The Bertz CT molecular complexity index is 835. The number of anilines is 2. The first-order valence-corrected chi connectivity index (χ1v) is 8.78. The van der Waals surface area contributed by atoms with Crippen molar-refractivity contribution in [1.82, 2.24) is 9.78 Å². The van der Waals surface area contributed by atoms with Crippen molar-refractivity contribution >= 4 is 28.7 Å². The highest BCUT2D eigenvalue weighted by atomic mass is 32.1. The van der Waals surface area contributed by atoms with Crippen LogP contribution in [0.15, 0.2) is 60.9 Å². The number of hydrogen-bond donors (Lipinski definition) is 2. The summed E-state index contributed by atoms with van der Waals surface area (Å²) in [5.74, 6) is 0. The molecule has 0 radical (unpaired) electrons. The summed E-state index contributed by atoms with van der Waals surface area (Å²) in [6.07, 6.45) is 4.76. The van der Waals surface area contributed by atoms with Crippen LogP contribution in [0.2, 0.25) is 0 Å². The molecule has 128 valence electrons. The third-order valence-electron chi connectivity index (χ3n) is 3.98. The van der Waals surface area contributed by atoms with E-state index in [1.807, 2.05) is 23.0 Å². The van der Waals surface area contributed by atoms with Gasteiger partial charge in [-0.25, -0.2) is 0 Å². The molecule has 1 aromatic heterocycles. The molecule has 0 bridgehead atoms. The average Bonchev–Trinajstić information content (AvgIpc) is 3.04. The van der Waals surface area contributed by atoms with E-state index < -0.39 is 0 Å². The van der Waals surface area contributed by atoms with Crippen molar-refractivity contribution in [3.63, 3.8) is 0 Å². The number of thiocarbonyl (C=S) groups is 1. The fraction of sp³-hybridized carbons (Fsp3) is 0.200. The fourth-order valence-corrected chi connectivity index (χ4v) is 2.75. The molecule has 0 aliphatic rings. The largest absolute Gasteiger partial charge is 0.332 e. The van der Waals surface area contributed by atoms with E-state index in [9.17, 15) is 0 Å². The van der Waals surface area contributed by atoms with E-state index in [0.29, 0.717) is 5.11 Å². The second-order valence-electron chi connectivity index (χ2n) is 6.04. The minimum Gasteiger partial charge on any atom is -0.332 e. The first kappa shape index (κ1) is 17.2. The van der Waals surface area contributed by atoms with Crippen LogP contribution in [0.5, 0.6) is 0 Å². The van der Waals surface area contributed by atoms with Crippen LogP contribution in [0.25, 0.3) is 0 Å². The summed E-state index contributed by atoms with van der Waals surface area (Å²) in [5, 5.41) is 11.3. The molecule has 3 rings (SSSR count). The van der Waals surface area contributed by atoms with Crippen molar-refractivity contribution in [2.24, 2.45) is 0 Å². The summed E-state index contributed by atoms with van der Waals surface area (Å²) < 4.78 is 1.89. The molecule has 0 saturated heterocycles. The van der Waals surface area contributed by atoms with E-state index in [1.165, 1.54) is 16.7 Å². The average molecular weight is 350 g/mol. The van der Waals surface area contributed by atoms with E-state index in [0.717, 1.165) is 24.3 Å². The molecular formula is C20H22N4S. The number of hydrogen-bond acceptors (Lipinski definition) is 2. The van der Waals surface area contributed by atoms with Crippen LogP contribution >= 0.6 is 12.2 Å². The van der Waals surface area contributed by atoms with Crippen LogP contribution in [0.3, 0.4) is 0 Å². The summed E-state index contributed by atoms with van der Waals surface area (Å²) in [5.41, 5.74) is 5.63. The molecule has 5 heteroatoms. The van der Waals surface area contributed by atoms with Crippen LogP contribution < -0.4 is 10.6 Å². The van der Waals surface area contributed by atoms with Crippen molar-refractivity contribution in [3.05, 3.63) is 77.6 Å². The number of benzene rings is 2. The summed E-state index contributed by atoms with van der Waals surface area (Å²) >= 11 is 5.37. The molecular weight excluding hydrogens is 328 g/mol. The third-order valence-corrected chi connectivity index (χ3v) is 4.18. The zero-order chi connectivity index (χ0) is 17.6. The lowest BCUT2D eigenvalue weighted by molar-refractivity contribution is 0.687. The van der Waals surface area contributed by atoms with Crippen molar-refractivity contribution in [2.45, 2.75) is 26.8 Å². The summed E-state index contributed by atoms with van der Waals surface area (Å²) in [6, 6.07) is 16.7. The second-order valence-corrected chi connectivity index (χ2v) is 6.45. The van der Waals surface area contributed by atoms with Gasteiger partial charge < -0.3 is 10.6 Å². The molecule has 0 aliphatic carbocycles. The molecule has 0 amide bonds. The summed E-state index contributed by atoms with van der Waals surface area (Å²) in [6.45, 7) is 4.97. The standard InChI is InChI=1S/C20H22N4S/c1-3-16-8-10-18(11-9-16)22-20(25)23-19-12-21-24(14-19)13-17-6-4-15(2)5-7-17/h4-12,14H,3,13H2,1-2H3,(H2,22,23,25). The van der Waals surface area contributed by atoms with Gasteiger partial charge in [-0.3, -0.25) is 4.68 Å². The molecule has 2 N–H and O–H groups in total. The van der Waals surface area contributed by atoms with E-state index in [-0.39, 0.29) is 0 Å². The normalized spacial score (nSPS) is 10.5. The fourth-order valence-electron chi connectivity index (χ4n) is 2.51. The number of aromatic nitrogens is 2. The predicted octanol–water partition coefficient (Wildman–Crippen LogP) is 4.61. The van der Waals surface area contributed by atoms with Gasteiger partial charge in [0.25, 0.3) is 0 Å². The van der Waals surface area contributed by atoms with Crippen molar-refractivity contribution in [2.75, 3.05) is 10.6 Å². The van der Waals surface area contributed by atoms with Gasteiger partial charge in [0.15, 0.2) is 5.11 Å². The van der Waals surface area contributed by atoms with E-state index in [4.69, 9.17) is 12.2 Å². The topological polar surface area (TPSA) is 41.9 Å². The first-order chi connectivity index (χ1) is 12.1. The number of aryl methyl sites for hydroxylation is 2. The lowest BCUT2D eigenvalue weighted by Gasteiger charge is -2.09. The first-order valence-electron chi connectivity index (χ1n) is 8.37. The van der Waals surface area contributed by atoms with Crippen LogP contribution in [0.4, 0.5) is 11.4 Å². The van der Waals surface area contributed by atoms with Gasteiger partial charge in [0.1, 0.15) is 0 Å². The van der Waals surface area contributed by atoms with Gasteiger partial charge in [-0.2, -0.15) is 5.10 Å². The van der Waals surface area contributed by atoms with Gasteiger partial charge in [-0.15, -0.1) is 0 Å². The van der Waals surface area contributed by atoms with Crippen molar-refractivity contribution < 1.29 is 0 Å². The predicted molar refractivity (Wildman–Crippen MR) is 108 cm³/mol. The molecule has 1 heterocycles. The number of nitrogens with one attached hydrogen (secondary N) is 2. The Balaban J connectivity index is 1.56. The highest BCUT2D eigenvalue weighted by molar-refractivity contribution is 7.80. The van der Waals surface area contributed by atoms with Crippen LogP contribution in [-0.2, 0) is 13.0 Å². The van der Waals surface area contributed by atoms with Gasteiger partial charge in [-0.1, -0.05) is 48.9 Å². The molecule has 25 heavy (non-hydrogen) atoms. The van der Waals surface area contributed by atoms with Crippen LogP contribution in [-0.4, -0.2) is 14.9 Å². The van der Waals surface area contributed by atoms with E-state index >= 15 is 0 Å². The molecule has 0 unspecified atom stereocenters. The Kier molecular flexibility index (Phi) is 5.46. The molecule has 3 aromatic rings. The zero-order valence-electron chi connectivity index (χ0n) is 14.5. The Morgan fingerprint density at radius 1 is 0.960 bits per heavy atom. The number of nitrogens with zero attached hydrogens (tertiary/aromatic N) is 2. The van der Waals surface area contributed by atoms with Gasteiger partial charge in [0.2, 0.25) is 0 Å². The maximum Gasteiger partial charge on any atom is 0.175 e. The van der Waals surface area contributed by atoms with Crippen molar-refractivity contribution in [3.8, 4) is 0 Å². The summed E-state index contributed by atoms with van der Waals surface area (Å²) in [4.78, 5) is 0. The lowest BCUT2D eigenvalue weighted by atomic mass is 10.1. The van der Waals surface area contributed by atoms with Crippen LogP contribution in [0.1, 0.15) is 23.6 Å². The zero-order valence-corrected chi connectivity index (χ0v) is 15.3. The van der Waals surface area contributed by atoms with E-state index in [2.05, 4.69) is 66.0 Å². The molecule has 0 atom stereocenters. The Labute approximate surface area is 153 Å². The molecule has 0 spiro atoms. The molecule has 0 fully saturated rings. The highest BCUT2D eigenvalue weighted by Crippen LogP contribution is 2.12. The lowest BCUT2D eigenvalue weighted by Crippen LogP contribution is -2.18. The van der Waals surface area contributed by atoms with Gasteiger partial charge >= 0.3 is 0 Å².